The minimum Gasteiger partial charge on any atom is -0.447 e. The van der Waals surface area contributed by atoms with E-state index in [0.717, 1.165) is 0 Å². The molecule has 0 aliphatic carbocycles. The van der Waals surface area contributed by atoms with Crippen molar-refractivity contribution in [2.24, 2.45) is 5.14 Å². The molecule has 0 atom stereocenters. The maximum absolute atomic E-state index is 11.0. The number of hydrogen-bond acceptors (Lipinski definition) is 5. The monoisotopic (exact) mass is 276 g/mol. The van der Waals surface area contributed by atoms with Crippen LogP contribution in [0.25, 0.3) is 0 Å². The number of nitrogens with two attached hydrogens (primary N) is 1. The molecule has 7 heteroatoms. The third kappa shape index (κ3) is 3.55. The minimum absolute atomic E-state index is 0.264. The van der Waals surface area contributed by atoms with Crippen LogP contribution in [0.1, 0.15) is 33.5 Å². The van der Waals surface area contributed by atoms with Crippen LogP contribution in [0.4, 0.5) is 0 Å². The van der Waals surface area contributed by atoms with Crippen molar-refractivity contribution in [1.29, 1.82) is 0 Å². The average molecular weight is 276 g/mol. The molecule has 0 unspecified atom stereocenters. The van der Waals surface area contributed by atoms with Gasteiger partial charge in [0, 0.05) is 5.54 Å². The number of aliphatic hydroxyl groups is 1. The third-order valence-corrected chi connectivity index (χ3v) is 3.93. The smallest absolute Gasteiger partial charge is 0.271 e. The Morgan fingerprint density at radius 2 is 1.89 bits per heavy atom. The van der Waals surface area contributed by atoms with Crippen LogP contribution in [0, 0.1) is 0 Å². The Balaban J connectivity index is 2.74. The molecule has 0 amide bonds. The minimum atomic E-state index is -3.81. The van der Waals surface area contributed by atoms with Gasteiger partial charge < -0.3 is 14.8 Å². The Hall–Kier alpha value is -0.890. The highest BCUT2D eigenvalue weighted by molar-refractivity contribution is 7.89. The van der Waals surface area contributed by atoms with E-state index in [1.54, 1.807) is 13.8 Å². The molecule has 1 rings (SSSR count). The molecule has 0 saturated carbocycles. The van der Waals surface area contributed by atoms with Crippen molar-refractivity contribution in [1.82, 2.24) is 5.32 Å². The molecule has 0 aliphatic rings. The van der Waals surface area contributed by atoms with E-state index >= 15 is 0 Å². The van der Waals surface area contributed by atoms with E-state index in [1.165, 1.54) is 12.1 Å². The molecule has 6 nitrogen and oxygen atoms in total. The second-order valence-electron chi connectivity index (χ2n) is 5.30. The molecule has 1 aromatic rings. The largest absolute Gasteiger partial charge is 0.447 e. The van der Waals surface area contributed by atoms with Crippen LogP contribution >= 0.6 is 0 Å². The molecular formula is C11H20N2O4S. The van der Waals surface area contributed by atoms with Crippen molar-refractivity contribution in [2.75, 3.05) is 0 Å². The Kier molecular flexibility index (Phi) is 3.92. The van der Waals surface area contributed by atoms with E-state index < -0.39 is 21.2 Å². The molecule has 0 aromatic carbocycles. The first-order chi connectivity index (χ1) is 7.93. The van der Waals surface area contributed by atoms with E-state index in [0.29, 0.717) is 12.3 Å². The highest BCUT2D eigenvalue weighted by Gasteiger charge is 2.34. The van der Waals surface area contributed by atoms with Crippen LogP contribution in [0.15, 0.2) is 21.6 Å². The van der Waals surface area contributed by atoms with Crippen molar-refractivity contribution in [2.45, 2.75) is 50.5 Å². The van der Waals surface area contributed by atoms with Crippen LogP contribution in [0.5, 0.6) is 0 Å². The standard InChI is InChI=1S/C11H20N2O4S/c1-10(2,11(3,4)14)13-7-8-5-6-9(17-8)18(12,15)16/h5-6,13-14H,7H2,1-4H3,(H2,12,15,16). The fourth-order valence-electron chi connectivity index (χ4n) is 1.13. The molecule has 0 fully saturated rings. The summed E-state index contributed by atoms with van der Waals surface area (Å²) in [6.07, 6.45) is 0. The van der Waals surface area contributed by atoms with E-state index in [9.17, 15) is 13.5 Å². The van der Waals surface area contributed by atoms with Crippen molar-refractivity contribution in [3.05, 3.63) is 17.9 Å². The van der Waals surface area contributed by atoms with Gasteiger partial charge in [0.05, 0.1) is 12.1 Å². The lowest BCUT2D eigenvalue weighted by molar-refractivity contribution is -0.00613. The van der Waals surface area contributed by atoms with Gasteiger partial charge in [-0.3, -0.25) is 0 Å². The summed E-state index contributed by atoms with van der Waals surface area (Å²) in [6, 6.07) is 2.84. The molecule has 0 aliphatic heterocycles. The van der Waals surface area contributed by atoms with Crippen LogP contribution in [-0.4, -0.2) is 24.7 Å². The Morgan fingerprint density at radius 1 is 1.33 bits per heavy atom. The fraction of sp³-hybridized carbons (Fsp3) is 0.636. The summed E-state index contributed by atoms with van der Waals surface area (Å²) in [7, 11) is -3.81. The zero-order valence-corrected chi connectivity index (χ0v) is 11.8. The molecule has 18 heavy (non-hydrogen) atoms. The first-order valence-corrected chi connectivity index (χ1v) is 7.07. The average Bonchev–Trinajstić information content (AvgIpc) is 2.60. The van der Waals surface area contributed by atoms with Gasteiger partial charge >= 0.3 is 0 Å². The molecule has 1 heterocycles. The number of rotatable bonds is 5. The zero-order valence-electron chi connectivity index (χ0n) is 11.0. The van der Waals surface area contributed by atoms with Crippen molar-refractivity contribution >= 4 is 10.0 Å². The molecule has 104 valence electrons. The van der Waals surface area contributed by atoms with Gasteiger partial charge in [-0.2, -0.15) is 0 Å². The first kappa shape index (κ1) is 15.2. The van der Waals surface area contributed by atoms with E-state index in [2.05, 4.69) is 5.32 Å². The quantitative estimate of drug-likeness (QED) is 0.729. The number of furan rings is 1. The summed E-state index contributed by atoms with van der Waals surface area (Å²) in [6.45, 7) is 7.37. The maximum atomic E-state index is 11.0. The van der Waals surface area contributed by atoms with Gasteiger partial charge in [-0.1, -0.05) is 0 Å². The summed E-state index contributed by atoms with van der Waals surface area (Å²) in [5, 5.41) is 17.7. The normalized spacial score (nSPS) is 13.9. The lowest BCUT2D eigenvalue weighted by Gasteiger charge is -2.38. The highest BCUT2D eigenvalue weighted by Crippen LogP contribution is 2.21. The number of primary sulfonamides is 1. The van der Waals surface area contributed by atoms with Gasteiger partial charge in [-0.15, -0.1) is 0 Å². The number of nitrogens with one attached hydrogen (secondary N) is 1. The lowest BCUT2D eigenvalue weighted by Crippen LogP contribution is -2.55. The summed E-state index contributed by atoms with van der Waals surface area (Å²) >= 11 is 0. The lowest BCUT2D eigenvalue weighted by atomic mass is 9.86. The molecule has 0 radical (unpaired) electrons. The van der Waals surface area contributed by atoms with Crippen molar-refractivity contribution in [3.8, 4) is 0 Å². The Labute approximate surface area is 107 Å². The zero-order chi connectivity index (χ0) is 14.2. The van der Waals surface area contributed by atoms with Crippen LogP contribution in [0.2, 0.25) is 0 Å². The molecule has 0 spiro atoms. The molecular weight excluding hydrogens is 256 g/mol. The second kappa shape index (κ2) is 4.65. The van der Waals surface area contributed by atoms with Gasteiger partial charge in [0.2, 0.25) is 5.09 Å². The third-order valence-electron chi connectivity index (χ3n) is 3.15. The van der Waals surface area contributed by atoms with Gasteiger partial charge in [-0.25, -0.2) is 13.6 Å². The predicted octanol–water partition coefficient (Wildman–Crippen LogP) is 0.566. The van der Waals surface area contributed by atoms with E-state index in [4.69, 9.17) is 9.56 Å². The Morgan fingerprint density at radius 3 is 2.28 bits per heavy atom. The Bertz CT molecular complexity index is 511. The molecule has 4 N–H and O–H groups in total. The molecule has 1 aromatic heterocycles. The highest BCUT2D eigenvalue weighted by atomic mass is 32.2. The van der Waals surface area contributed by atoms with Crippen LogP contribution in [0.3, 0.4) is 0 Å². The number of sulfonamides is 1. The summed E-state index contributed by atoms with van der Waals surface area (Å²) in [4.78, 5) is 0. The fourth-order valence-corrected chi connectivity index (χ4v) is 1.61. The summed E-state index contributed by atoms with van der Waals surface area (Å²) in [5.41, 5.74) is -1.48. The molecule has 0 bridgehead atoms. The SMILES string of the molecule is CC(C)(O)C(C)(C)NCc1ccc(S(N)(=O)=O)o1. The van der Waals surface area contributed by atoms with Gasteiger partial charge in [-0.05, 0) is 39.8 Å². The van der Waals surface area contributed by atoms with Gasteiger partial charge in [0.1, 0.15) is 5.76 Å². The topological polar surface area (TPSA) is 106 Å². The summed E-state index contributed by atoms with van der Waals surface area (Å²) in [5.74, 6) is 0.441. The molecule has 0 saturated heterocycles. The van der Waals surface area contributed by atoms with E-state index in [1.807, 2.05) is 13.8 Å². The first-order valence-electron chi connectivity index (χ1n) is 5.52. The van der Waals surface area contributed by atoms with Gasteiger partial charge in [0.15, 0.2) is 0 Å². The maximum Gasteiger partial charge on any atom is 0.271 e. The van der Waals surface area contributed by atoms with Crippen LogP contribution < -0.4 is 10.5 Å². The predicted molar refractivity (Wildman–Crippen MR) is 67.3 cm³/mol. The number of hydrogen-bond donors (Lipinski definition) is 3. The summed E-state index contributed by atoms with van der Waals surface area (Å²) < 4.78 is 27.2. The van der Waals surface area contributed by atoms with Crippen molar-refractivity contribution in [3.63, 3.8) is 0 Å². The van der Waals surface area contributed by atoms with E-state index in [-0.39, 0.29) is 5.09 Å². The second-order valence-corrected chi connectivity index (χ2v) is 6.80. The van der Waals surface area contributed by atoms with Crippen molar-refractivity contribution < 1.29 is 17.9 Å². The van der Waals surface area contributed by atoms with Gasteiger partial charge in [0.25, 0.3) is 10.0 Å². The van der Waals surface area contributed by atoms with Crippen LogP contribution in [-0.2, 0) is 16.6 Å².